The summed E-state index contributed by atoms with van der Waals surface area (Å²) in [5.41, 5.74) is 0. The predicted molar refractivity (Wildman–Crippen MR) is 72.9 cm³/mol. The van der Waals surface area contributed by atoms with Gasteiger partial charge in [-0.1, -0.05) is 26.7 Å². The summed E-state index contributed by atoms with van der Waals surface area (Å²) in [5, 5.41) is 3.25. The van der Waals surface area contributed by atoms with Gasteiger partial charge in [-0.25, -0.2) is 0 Å². The molecule has 100 valence electrons. The molecule has 0 aliphatic rings. The first kappa shape index (κ1) is 16.0. The Hall–Kier alpha value is -0.960. The largest absolute Gasteiger partial charge is 0.500 e. The molecule has 17 heavy (non-hydrogen) atoms. The van der Waals surface area contributed by atoms with Crippen LogP contribution >= 0.6 is 0 Å². The Morgan fingerprint density at radius 3 is 1.71 bits per heavy atom. The van der Waals surface area contributed by atoms with Crippen molar-refractivity contribution in [3.05, 3.63) is 24.7 Å². The number of ether oxygens (including phenoxy) is 2. The van der Waals surface area contributed by atoms with Gasteiger partial charge in [0.25, 0.3) is 0 Å². The van der Waals surface area contributed by atoms with Crippen molar-refractivity contribution in [3.8, 4) is 0 Å². The van der Waals surface area contributed by atoms with Crippen LogP contribution in [0.15, 0.2) is 24.7 Å². The van der Waals surface area contributed by atoms with E-state index >= 15 is 0 Å². The third-order valence-electron chi connectivity index (χ3n) is 2.09. The van der Waals surface area contributed by atoms with Gasteiger partial charge in [0.15, 0.2) is 0 Å². The number of hydrogen-bond donors (Lipinski definition) is 1. The van der Waals surface area contributed by atoms with Crippen molar-refractivity contribution >= 4 is 0 Å². The van der Waals surface area contributed by atoms with Gasteiger partial charge in [-0.05, 0) is 25.0 Å². The van der Waals surface area contributed by atoms with Crippen LogP contribution in [0.1, 0.15) is 39.5 Å². The van der Waals surface area contributed by atoms with Crippen LogP contribution in [0.25, 0.3) is 0 Å². The van der Waals surface area contributed by atoms with E-state index in [1.165, 1.54) is 12.8 Å². The molecule has 0 amide bonds. The highest BCUT2D eigenvalue weighted by Gasteiger charge is 1.86. The first-order chi connectivity index (χ1) is 8.41. The molecule has 0 bridgehead atoms. The van der Waals surface area contributed by atoms with Gasteiger partial charge < -0.3 is 14.8 Å². The van der Waals surface area contributed by atoms with E-state index in [0.29, 0.717) is 13.2 Å². The molecule has 3 nitrogen and oxygen atoms in total. The molecule has 0 aromatic rings. The normalized spacial score (nSPS) is 11.4. The molecular formula is C14H27NO2. The first-order valence-electron chi connectivity index (χ1n) is 6.65. The van der Waals surface area contributed by atoms with E-state index in [9.17, 15) is 0 Å². The highest BCUT2D eigenvalue weighted by molar-refractivity contribution is 4.73. The summed E-state index contributed by atoms with van der Waals surface area (Å²) >= 11 is 0. The van der Waals surface area contributed by atoms with Crippen LogP contribution in [0, 0.1) is 0 Å². The monoisotopic (exact) mass is 241 g/mol. The fourth-order valence-corrected chi connectivity index (χ4v) is 1.13. The summed E-state index contributed by atoms with van der Waals surface area (Å²) in [6.07, 6.45) is 12.2. The summed E-state index contributed by atoms with van der Waals surface area (Å²) in [4.78, 5) is 0. The van der Waals surface area contributed by atoms with Gasteiger partial charge in [0.05, 0.1) is 25.7 Å². The molecule has 0 rings (SSSR count). The van der Waals surface area contributed by atoms with Crippen LogP contribution in [-0.4, -0.2) is 26.3 Å². The summed E-state index contributed by atoms with van der Waals surface area (Å²) in [6, 6.07) is 0. The van der Waals surface area contributed by atoms with Crippen molar-refractivity contribution in [2.45, 2.75) is 39.5 Å². The minimum absolute atomic E-state index is 0.714. The highest BCUT2D eigenvalue weighted by atomic mass is 16.5. The van der Waals surface area contributed by atoms with Crippen LogP contribution in [0.5, 0.6) is 0 Å². The van der Waals surface area contributed by atoms with Crippen LogP contribution in [0.2, 0.25) is 0 Å². The second-order valence-electron chi connectivity index (χ2n) is 3.81. The van der Waals surface area contributed by atoms with Gasteiger partial charge in [0.1, 0.15) is 0 Å². The molecule has 0 heterocycles. The Bertz CT molecular complexity index is 171. The summed E-state index contributed by atoms with van der Waals surface area (Å²) < 4.78 is 10.6. The molecule has 0 aromatic carbocycles. The number of allylic oxidation sites excluding steroid dienone is 2. The van der Waals surface area contributed by atoms with Crippen molar-refractivity contribution in [2.24, 2.45) is 0 Å². The molecule has 0 fully saturated rings. The van der Waals surface area contributed by atoms with Gasteiger partial charge in [-0.2, -0.15) is 0 Å². The smallest absolute Gasteiger partial charge is 0.0997 e. The van der Waals surface area contributed by atoms with Gasteiger partial charge in [0.2, 0.25) is 0 Å². The lowest BCUT2D eigenvalue weighted by Crippen LogP contribution is -2.22. The first-order valence-corrected chi connectivity index (χ1v) is 6.65. The zero-order chi connectivity index (χ0) is 12.6. The molecule has 3 heteroatoms. The standard InChI is InChI=1S/C14H27NO2/c1-3-5-7-11-16-13-9-15-10-14-17-12-8-6-4-2/h7-8,11-12,15H,3-6,9-10,13-14H2,1-2H3. The van der Waals surface area contributed by atoms with Crippen LogP contribution in [0.3, 0.4) is 0 Å². The molecule has 0 unspecified atom stereocenters. The third kappa shape index (κ3) is 15.0. The fourth-order valence-electron chi connectivity index (χ4n) is 1.13. The van der Waals surface area contributed by atoms with E-state index in [1.807, 2.05) is 0 Å². The van der Waals surface area contributed by atoms with Gasteiger partial charge >= 0.3 is 0 Å². The maximum Gasteiger partial charge on any atom is 0.0997 e. The molecule has 0 saturated carbocycles. The minimum Gasteiger partial charge on any atom is -0.500 e. The Morgan fingerprint density at radius 2 is 1.29 bits per heavy atom. The van der Waals surface area contributed by atoms with E-state index in [1.54, 1.807) is 12.5 Å². The Kier molecular flexibility index (Phi) is 14.2. The molecule has 0 aromatic heterocycles. The number of rotatable bonds is 12. The molecule has 0 radical (unpaired) electrons. The van der Waals surface area contributed by atoms with E-state index in [4.69, 9.17) is 9.47 Å². The molecular weight excluding hydrogens is 214 g/mol. The number of unbranched alkanes of at least 4 members (excludes halogenated alkanes) is 2. The van der Waals surface area contributed by atoms with Gasteiger partial charge in [-0.3, -0.25) is 0 Å². The summed E-state index contributed by atoms with van der Waals surface area (Å²) in [5.74, 6) is 0. The van der Waals surface area contributed by atoms with Gasteiger partial charge in [0, 0.05) is 13.1 Å². The summed E-state index contributed by atoms with van der Waals surface area (Å²) in [7, 11) is 0. The van der Waals surface area contributed by atoms with E-state index < -0.39 is 0 Å². The van der Waals surface area contributed by atoms with Crippen LogP contribution in [0.4, 0.5) is 0 Å². The average molecular weight is 241 g/mol. The fraction of sp³-hybridized carbons (Fsp3) is 0.714. The second kappa shape index (κ2) is 15.0. The van der Waals surface area contributed by atoms with Crippen LogP contribution < -0.4 is 5.32 Å². The maximum absolute atomic E-state index is 5.30. The minimum atomic E-state index is 0.714. The second-order valence-corrected chi connectivity index (χ2v) is 3.81. The zero-order valence-electron chi connectivity index (χ0n) is 11.3. The predicted octanol–water partition coefficient (Wildman–Crippen LogP) is 3.24. The van der Waals surface area contributed by atoms with Crippen molar-refractivity contribution in [1.29, 1.82) is 0 Å². The number of hydrogen-bond acceptors (Lipinski definition) is 3. The molecule has 0 aliphatic carbocycles. The summed E-state index contributed by atoms with van der Waals surface area (Å²) in [6.45, 7) is 7.45. The lowest BCUT2D eigenvalue weighted by Gasteiger charge is -2.04. The molecule has 0 atom stereocenters. The Labute approximate surface area is 106 Å². The molecule has 1 N–H and O–H groups in total. The molecule has 0 spiro atoms. The zero-order valence-corrected chi connectivity index (χ0v) is 11.3. The van der Waals surface area contributed by atoms with Gasteiger partial charge in [-0.15, -0.1) is 0 Å². The topological polar surface area (TPSA) is 30.5 Å². The lowest BCUT2D eigenvalue weighted by molar-refractivity contribution is 0.226. The molecule has 0 aliphatic heterocycles. The average Bonchev–Trinajstić information content (AvgIpc) is 2.35. The van der Waals surface area contributed by atoms with E-state index in [2.05, 4.69) is 31.3 Å². The van der Waals surface area contributed by atoms with E-state index in [0.717, 1.165) is 25.9 Å². The maximum atomic E-state index is 5.30. The highest BCUT2D eigenvalue weighted by Crippen LogP contribution is 1.89. The Morgan fingerprint density at radius 1 is 0.824 bits per heavy atom. The third-order valence-corrected chi connectivity index (χ3v) is 2.09. The lowest BCUT2D eigenvalue weighted by atomic mass is 10.3. The van der Waals surface area contributed by atoms with Crippen molar-refractivity contribution in [3.63, 3.8) is 0 Å². The van der Waals surface area contributed by atoms with E-state index in [-0.39, 0.29) is 0 Å². The van der Waals surface area contributed by atoms with Crippen molar-refractivity contribution in [1.82, 2.24) is 5.32 Å². The SMILES string of the molecule is CCCC=COCCNCCOC=CCCC. The molecule has 0 saturated heterocycles. The Balaban J connectivity index is 3.03. The van der Waals surface area contributed by atoms with Crippen molar-refractivity contribution < 1.29 is 9.47 Å². The van der Waals surface area contributed by atoms with Crippen molar-refractivity contribution in [2.75, 3.05) is 26.3 Å². The van der Waals surface area contributed by atoms with Crippen LogP contribution in [-0.2, 0) is 9.47 Å². The number of nitrogens with one attached hydrogen (secondary N) is 1. The quantitative estimate of drug-likeness (QED) is 0.420.